The molecule has 1 aromatic carbocycles. The molecule has 0 bridgehead atoms. The van der Waals surface area contributed by atoms with Gasteiger partial charge >= 0.3 is 0 Å². The fraction of sp³-hybridized carbons (Fsp3) is 0.462. The first kappa shape index (κ1) is 16.8. The first-order valence-electron chi connectivity index (χ1n) is 6.59. The third-order valence-corrected chi connectivity index (χ3v) is 4.19. The fourth-order valence-electron chi connectivity index (χ4n) is 2.36. The van der Waals surface area contributed by atoms with Gasteiger partial charge in [0.15, 0.2) is 17.5 Å². The minimum Gasteiger partial charge on any atom is -0.338 e. The summed E-state index contributed by atoms with van der Waals surface area (Å²) >= 11 is 0. The topological polar surface area (TPSA) is 66.5 Å². The first-order valence-corrected chi connectivity index (χ1v) is 8.48. The van der Waals surface area contributed by atoms with Crippen molar-refractivity contribution in [2.45, 2.75) is 18.9 Å². The summed E-state index contributed by atoms with van der Waals surface area (Å²) in [6.07, 6.45) is 1.77. The molecule has 122 valence electrons. The number of sulfonamides is 1. The van der Waals surface area contributed by atoms with Gasteiger partial charge in [-0.15, -0.1) is 0 Å². The van der Waals surface area contributed by atoms with E-state index in [4.69, 9.17) is 0 Å². The Morgan fingerprint density at radius 2 is 1.77 bits per heavy atom. The van der Waals surface area contributed by atoms with Gasteiger partial charge in [-0.2, -0.15) is 0 Å². The van der Waals surface area contributed by atoms with Gasteiger partial charge in [0.05, 0.1) is 11.8 Å². The summed E-state index contributed by atoms with van der Waals surface area (Å²) in [7, 11) is -3.34. The van der Waals surface area contributed by atoms with Crippen molar-refractivity contribution in [3.05, 3.63) is 35.1 Å². The lowest BCUT2D eigenvalue weighted by molar-refractivity contribution is 0.0705. The van der Waals surface area contributed by atoms with Crippen LogP contribution in [0.25, 0.3) is 0 Å². The predicted octanol–water partition coefficient (Wildman–Crippen LogP) is 1.26. The second-order valence-corrected chi connectivity index (χ2v) is 6.96. The van der Waals surface area contributed by atoms with Crippen molar-refractivity contribution in [1.82, 2.24) is 9.62 Å². The van der Waals surface area contributed by atoms with Gasteiger partial charge < -0.3 is 4.90 Å². The molecule has 0 spiro atoms. The highest BCUT2D eigenvalue weighted by Gasteiger charge is 2.28. The van der Waals surface area contributed by atoms with Gasteiger partial charge in [-0.3, -0.25) is 4.79 Å². The molecule has 0 unspecified atom stereocenters. The molecule has 9 heteroatoms. The van der Waals surface area contributed by atoms with Crippen LogP contribution in [0.4, 0.5) is 13.2 Å². The molecule has 0 radical (unpaired) electrons. The van der Waals surface area contributed by atoms with Crippen LogP contribution >= 0.6 is 0 Å². The summed E-state index contributed by atoms with van der Waals surface area (Å²) in [5, 5.41) is 0. The molecule has 0 saturated carbocycles. The SMILES string of the molecule is CS(=O)(=O)NC1CCN(C(=O)c2ccc(F)c(F)c2F)CC1. The molecule has 22 heavy (non-hydrogen) atoms. The van der Waals surface area contributed by atoms with Crippen molar-refractivity contribution in [1.29, 1.82) is 0 Å². The number of hydrogen-bond donors (Lipinski definition) is 1. The van der Waals surface area contributed by atoms with E-state index < -0.39 is 38.9 Å². The van der Waals surface area contributed by atoms with Gasteiger partial charge in [-0.25, -0.2) is 26.3 Å². The maximum Gasteiger partial charge on any atom is 0.256 e. The monoisotopic (exact) mass is 336 g/mol. The van der Waals surface area contributed by atoms with Gasteiger partial charge in [-0.1, -0.05) is 0 Å². The molecule has 1 aliphatic heterocycles. The van der Waals surface area contributed by atoms with Crippen LogP contribution < -0.4 is 4.72 Å². The number of hydrogen-bond acceptors (Lipinski definition) is 3. The standard InChI is InChI=1S/C13H15F3N2O3S/c1-22(20,21)17-8-4-6-18(7-5-8)13(19)9-2-3-10(14)12(16)11(9)15/h2-3,8,17H,4-7H2,1H3. The first-order chi connectivity index (χ1) is 10.2. The molecular weight excluding hydrogens is 321 g/mol. The molecule has 1 fully saturated rings. The van der Waals surface area contributed by atoms with Crippen molar-refractivity contribution in [2.75, 3.05) is 19.3 Å². The summed E-state index contributed by atoms with van der Waals surface area (Å²) in [6, 6.07) is 1.30. The Hall–Kier alpha value is -1.61. The molecular formula is C13H15F3N2O3S. The van der Waals surface area contributed by atoms with Gasteiger partial charge in [0.25, 0.3) is 5.91 Å². The van der Waals surface area contributed by atoms with Gasteiger partial charge in [0, 0.05) is 19.1 Å². The van der Waals surface area contributed by atoms with Crippen LogP contribution in [0.15, 0.2) is 12.1 Å². The number of carbonyl (C=O) groups is 1. The molecule has 0 atom stereocenters. The van der Waals surface area contributed by atoms with Gasteiger partial charge in [-0.05, 0) is 25.0 Å². The highest BCUT2D eigenvalue weighted by Crippen LogP contribution is 2.19. The molecule has 1 saturated heterocycles. The average molecular weight is 336 g/mol. The number of likely N-dealkylation sites (tertiary alicyclic amines) is 1. The highest BCUT2D eigenvalue weighted by atomic mass is 32.2. The summed E-state index contributed by atoms with van der Waals surface area (Å²) in [4.78, 5) is 13.4. The zero-order valence-corrected chi connectivity index (χ0v) is 12.6. The van der Waals surface area contributed by atoms with Gasteiger partial charge in [0.1, 0.15) is 0 Å². The number of nitrogens with one attached hydrogen (secondary N) is 1. The minimum atomic E-state index is -3.34. The van der Waals surface area contributed by atoms with Crippen LogP contribution in [0.1, 0.15) is 23.2 Å². The van der Waals surface area contributed by atoms with E-state index in [2.05, 4.69) is 4.72 Å². The number of halogens is 3. The molecule has 2 rings (SSSR count). The smallest absolute Gasteiger partial charge is 0.256 e. The number of nitrogens with zero attached hydrogens (tertiary/aromatic N) is 1. The van der Waals surface area contributed by atoms with Crippen LogP contribution in [0.3, 0.4) is 0 Å². The lowest BCUT2D eigenvalue weighted by Crippen LogP contribution is -2.46. The van der Waals surface area contributed by atoms with Crippen LogP contribution in [-0.4, -0.2) is 44.6 Å². The van der Waals surface area contributed by atoms with Gasteiger partial charge in [0.2, 0.25) is 10.0 Å². The Balaban J connectivity index is 2.06. The number of benzene rings is 1. The molecule has 1 aromatic rings. The van der Waals surface area contributed by atoms with E-state index in [-0.39, 0.29) is 19.1 Å². The Morgan fingerprint density at radius 1 is 1.18 bits per heavy atom. The number of carbonyl (C=O) groups excluding carboxylic acids is 1. The maximum atomic E-state index is 13.6. The van der Waals surface area contributed by atoms with E-state index >= 15 is 0 Å². The van der Waals surface area contributed by atoms with Crippen LogP contribution in [-0.2, 0) is 10.0 Å². The third-order valence-electron chi connectivity index (χ3n) is 3.43. The lowest BCUT2D eigenvalue weighted by atomic mass is 10.0. The van der Waals surface area contributed by atoms with Crippen LogP contribution in [0.5, 0.6) is 0 Å². The summed E-state index contributed by atoms with van der Waals surface area (Å²) in [5.74, 6) is -5.29. The van der Waals surface area contributed by atoms with E-state index in [1.165, 1.54) is 4.90 Å². The van der Waals surface area contributed by atoms with Crippen LogP contribution in [0.2, 0.25) is 0 Å². The normalized spacial score (nSPS) is 16.8. The molecule has 1 aliphatic rings. The van der Waals surface area contributed by atoms with Crippen molar-refractivity contribution >= 4 is 15.9 Å². The van der Waals surface area contributed by atoms with E-state index in [9.17, 15) is 26.4 Å². The molecule has 1 heterocycles. The molecule has 1 amide bonds. The zero-order chi connectivity index (χ0) is 16.5. The quantitative estimate of drug-likeness (QED) is 0.845. The van der Waals surface area contributed by atoms with Crippen molar-refractivity contribution in [2.24, 2.45) is 0 Å². The maximum absolute atomic E-state index is 13.6. The second kappa shape index (κ2) is 6.25. The van der Waals surface area contributed by atoms with E-state index in [1.807, 2.05) is 0 Å². The average Bonchev–Trinajstić information content (AvgIpc) is 2.43. The van der Waals surface area contributed by atoms with Crippen molar-refractivity contribution in [3.8, 4) is 0 Å². The second-order valence-electron chi connectivity index (χ2n) is 5.18. The Bertz CT molecular complexity index is 686. The number of rotatable bonds is 3. The molecule has 1 N–H and O–H groups in total. The summed E-state index contributed by atoms with van der Waals surface area (Å²) in [6.45, 7) is 0.398. The fourth-order valence-corrected chi connectivity index (χ4v) is 3.21. The van der Waals surface area contributed by atoms with Crippen LogP contribution in [0, 0.1) is 17.5 Å². The third kappa shape index (κ3) is 3.77. The predicted molar refractivity (Wildman–Crippen MR) is 73.2 cm³/mol. The van der Waals surface area contributed by atoms with Crippen molar-refractivity contribution in [3.63, 3.8) is 0 Å². The molecule has 5 nitrogen and oxygen atoms in total. The Labute approximate surface area is 126 Å². The summed E-state index contributed by atoms with van der Waals surface area (Å²) < 4.78 is 64.4. The minimum absolute atomic E-state index is 0.199. The Morgan fingerprint density at radius 3 is 2.32 bits per heavy atom. The van der Waals surface area contributed by atoms with E-state index in [0.29, 0.717) is 18.9 Å². The van der Waals surface area contributed by atoms with E-state index in [0.717, 1.165) is 12.3 Å². The highest BCUT2D eigenvalue weighted by molar-refractivity contribution is 7.88. The Kier molecular flexibility index (Phi) is 4.76. The number of piperidine rings is 1. The summed E-state index contributed by atoms with van der Waals surface area (Å²) in [5.41, 5.74) is -0.534. The largest absolute Gasteiger partial charge is 0.338 e. The van der Waals surface area contributed by atoms with E-state index in [1.54, 1.807) is 0 Å². The molecule has 0 aliphatic carbocycles. The van der Waals surface area contributed by atoms with Crippen molar-refractivity contribution < 1.29 is 26.4 Å². The number of amides is 1. The lowest BCUT2D eigenvalue weighted by Gasteiger charge is -2.32. The molecule has 0 aromatic heterocycles. The zero-order valence-electron chi connectivity index (χ0n) is 11.8.